The number of aromatic nitrogens is 2. The maximum atomic E-state index is 11.0. The number of halogens is 1. The van der Waals surface area contributed by atoms with E-state index in [0.717, 1.165) is 6.42 Å². The summed E-state index contributed by atoms with van der Waals surface area (Å²) in [5, 5.41) is 3.44. The summed E-state index contributed by atoms with van der Waals surface area (Å²) in [6, 6.07) is 0.138. The van der Waals surface area contributed by atoms with Gasteiger partial charge in [0.25, 0.3) is 0 Å². The third-order valence-corrected chi connectivity index (χ3v) is 3.27. The third kappa shape index (κ3) is 4.47. The van der Waals surface area contributed by atoms with Crippen molar-refractivity contribution >= 4 is 28.2 Å². The van der Waals surface area contributed by atoms with Gasteiger partial charge in [-0.05, 0) is 13.3 Å². The third-order valence-electron chi connectivity index (χ3n) is 2.19. The van der Waals surface area contributed by atoms with Gasteiger partial charge in [0.15, 0.2) is 16.7 Å². The van der Waals surface area contributed by atoms with E-state index in [2.05, 4.69) is 15.3 Å². The monoisotopic (exact) mass is 277 g/mol. The quantitative estimate of drug-likeness (QED) is 0.802. The van der Waals surface area contributed by atoms with E-state index in [0.29, 0.717) is 17.3 Å². The maximum absolute atomic E-state index is 11.0. The Hall–Kier alpha value is -0.880. The van der Waals surface area contributed by atoms with Gasteiger partial charge in [-0.1, -0.05) is 11.6 Å². The Morgan fingerprint density at radius 1 is 1.59 bits per heavy atom. The van der Waals surface area contributed by atoms with Crippen LogP contribution >= 0.6 is 11.6 Å². The largest absolute Gasteiger partial charge is 0.490 e. The van der Waals surface area contributed by atoms with Crippen LogP contribution in [-0.4, -0.2) is 39.3 Å². The molecule has 2 atom stereocenters. The van der Waals surface area contributed by atoms with Crippen LogP contribution in [0, 0.1) is 0 Å². The Labute approximate surface area is 108 Å². The lowest BCUT2D eigenvalue weighted by Crippen LogP contribution is -2.19. The molecule has 0 aliphatic heterocycles. The molecule has 0 aromatic carbocycles. The minimum absolute atomic E-state index is 0.138. The smallest absolute Gasteiger partial charge is 0.198 e. The fourth-order valence-corrected chi connectivity index (χ4v) is 2.18. The first-order chi connectivity index (χ1) is 8.04. The number of methoxy groups -OCH3 is 1. The van der Waals surface area contributed by atoms with E-state index in [1.807, 2.05) is 6.92 Å². The van der Waals surface area contributed by atoms with Gasteiger partial charge in [0.05, 0.1) is 7.11 Å². The highest BCUT2D eigenvalue weighted by atomic mass is 35.5. The first-order valence-electron chi connectivity index (χ1n) is 5.15. The molecule has 1 aromatic rings. The second kappa shape index (κ2) is 6.76. The Kier molecular flexibility index (Phi) is 5.64. The van der Waals surface area contributed by atoms with Crippen molar-refractivity contribution < 1.29 is 8.95 Å². The zero-order chi connectivity index (χ0) is 12.8. The number of hydrogen-bond donors (Lipinski definition) is 1. The number of anilines is 1. The Morgan fingerprint density at radius 2 is 2.29 bits per heavy atom. The van der Waals surface area contributed by atoms with Crippen molar-refractivity contribution in [2.24, 2.45) is 0 Å². The van der Waals surface area contributed by atoms with Gasteiger partial charge in [0.2, 0.25) is 0 Å². The number of rotatable bonds is 6. The second-order valence-corrected chi connectivity index (χ2v) is 5.57. The molecule has 0 bridgehead atoms. The molecule has 5 nitrogen and oxygen atoms in total. The SMILES string of the molecule is COc1c(Cl)ncnc1NC(C)CCS(C)=O. The number of nitrogens with one attached hydrogen (secondary N) is 1. The summed E-state index contributed by atoms with van der Waals surface area (Å²) < 4.78 is 16.1. The molecular weight excluding hydrogens is 262 g/mol. The zero-order valence-corrected chi connectivity index (χ0v) is 11.6. The molecule has 0 saturated heterocycles. The molecule has 1 heterocycles. The summed E-state index contributed by atoms with van der Waals surface area (Å²) in [6.07, 6.45) is 3.85. The van der Waals surface area contributed by atoms with Crippen LogP contribution < -0.4 is 10.1 Å². The number of nitrogens with zero attached hydrogens (tertiary/aromatic N) is 2. The predicted octanol–water partition coefficient (Wildman–Crippen LogP) is 1.71. The molecule has 1 aromatic heterocycles. The molecule has 0 saturated carbocycles. The Bertz CT molecular complexity index is 403. The maximum Gasteiger partial charge on any atom is 0.198 e. The lowest BCUT2D eigenvalue weighted by atomic mass is 10.2. The summed E-state index contributed by atoms with van der Waals surface area (Å²) >= 11 is 5.88. The van der Waals surface area contributed by atoms with Gasteiger partial charge < -0.3 is 10.1 Å². The van der Waals surface area contributed by atoms with E-state index in [-0.39, 0.29) is 11.2 Å². The van der Waals surface area contributed by atoms with E-state index in [1.54, 1.807) is 6.26 Å². The van der Waals surface area contributed by atoms with Gasteiger partial charge in [-0.3, -0.25) is 4.21 Å². The standard InChI is InChI=1S/C10H16ClN3O2S/c1-7(4-5-17(3)15)14-10-8(16-2)9(11)12-6-13-10/h6-7H,4-5H2,1-3H3,(H,12,13,14). The summed E-state index contributed by atoms with van der Waals surface area (Å²) in [5.41, 5.74) is 0. The van der Waals surface area contributed by atoms with Crippen LogP contribution in [0.25, 0.3) is 0 Å². The average molecular weight is 278 g/mol. The molecule has 1 N–H and O–H groups in total. The minimum atomic E-state index is -0.786. The van der Waals surface area contributed by atoms with E-state index in [9.17, 15) is 4.21 Å². The lowest BCUT2D eigenvalue weighted by molar-refractivity contribution is 0.412. The molecule has 0 spiro atoms. The van der Waals surface area contributed by atoms with Crippen LogP contribution in [0.5, 0.6) is 5.75 Å². The molecule has 17 heavy (non-hydrogen) atoms. The van der Waals surface area contributed by atoms with Crippen LogP contribution in [0.4, 0.5) is 5.82 Å². The van der Waals surface area contributed by atoms with E-state index < -0.39 is 10.8 Å². The zero-order valence-electron chi connectivity index (χ0n) is 10.1. The van der Waals surface area contributed by atoms with E-state index >= 15 is 0 Å². The van der Waals surface area contributed by atoms with Crippen molar-refractivity contribution in [1.82, 2.24) is 9.97 Å². The van der Waals surface area contributed by atoms with Gasteiger partial charge in [-0.15, -0.1) is 0 Å². The molecule has 2 unspecified atom stereocenters. The first-order valence-corrected chi connectivity index (χ1v) is 7.26. The van der Waals surface area contributed by atoms with Gasteiger partial charge in [0.1, 0.15) is 6.33 Å². The highest BCUT2D eigenvalue weighted by Gasteiger charge is 2.12. The van der Waals surface area contributed by atoms with Gasteiger partial charge in [-0.2, -0.15) is 0 Å². The highest BCUT2D eigenvalue weighted by Crippen LogP contribution is 2.28. The van der Waals surface area contributed by atoms with Crippen molar-refractivity contribution in [1.29, 1.82) is 0 Å². The molecule has 0 radical (unpaired) electrons. The first kappa shape index (κ1) is 14.2. The molecule has 0 aliphatic rings. The Balaban J connectivity index is 2.67. The van der Waals surface area contributed by atoms with Crippen LogP contribution in [0.2, 0.25) is 5.15 Å². The minimum Gasteiger partial charge on any atom is -0.490 e. The van der Waals surface area contributed by atoms with Crippen molar-refractivity contribution in [3.05, 3.63) is 11.5 Å². The molecule has 0 amide bonds. The topological polar surface area (TPSA) is 64.1 Å². The normalized spacial score (nSPS) is 14.1. The number of ether oxygens (including phenoxy) is 1. The van der Waals surface area contributed by atoms with Crippen molar-refractivity contribution in [2.45, 2.75) is 19.4 Å². The van der Waals surface area contributed by atoms with Crippen LogP contribution in [0.1, 0.15) is 13.3 Å². The summed E-state index contributed by atoms with van der Waals surface area (Å²) in [6.45, 7) is 1.99. The van der Waals surface area contributed by atoms with Crippen molar-refractivity contribution in [3.8, 4) is 5.75 Å². The van der Waals surface area contributed by atoms with Crippen LogP contribution in [0.15, 0.2) is 6.33 Å². The highest BCUT2D eigenvalue weighted by molar-refractivity contribution is 7.84. The molecular formula is C10H16ClN3O2S. The van der Waals surface area contributed by atoms with Crippen LogP contribution in [0.3, 0.4) is 0 Å². The van der Waals surface area contributed by atoms with Gasteiger partial charge in [0, 0.05) is 28.9 Å². The van der Waals surface area contributed by atoms with E-state index in [4.69, 9.17) is 16.3 Å². The summed E-state index contributed by atoms with van der Waals surface area (Å²) in [4.78, 5) is 7.90. The fourth-order valence-electron chi connectivity index (χ4n) is 1.28. The second-order valence-electron chi connectivity index (χ2n) is 3.66. The van der Waals surface area contributed by atoms with Crippen molar-refractivity contribution in [2.75, 3.05) is 24.4 Å². The molecule has 7 heteroatoms. The summed E-state index contributed by atoms with van der Waals surface area (Å²) in [5.74, 6) is 1.63. The fraction of sp³-hybridized carbons (Fsp3) is 0.600. The summed E-state index contributed by atoms with van der Waals surface area (Å²) in [7, 11) is 0.730. The molecule has 0 fully saturated rings. The predicted molar refractivity (Wildman–Crippen MR) is 70.2 cm³/mol. The number of hydrogen-bond acceptors (Lipinski definition) is 5. The Morgan fingerprint density at radius 3 is 2.88 bits per heavy atom. The van der Waals surface area contributed by atoms with Crippen molar-refractivity contribution in [3.63, 3.8) is 0 Å². The molecule has 1 rings (SSSR count). The average Bonchev–Trinajstić information content (AvgIpc) is 2.27. The lowest BCUT2D eigenvalue weighted by Gasteiger charge is -2.16. The van der Waals surface area contributed by atoms with Gasteiger partial charge >= 0.3 is 0 Å². The van der Waals surface area contributed by atoms with Gasteiger partial charge in [-0.25, -0.2) is 9.97 Å². The van der Waals surface area contributed by atoms with E-state index in [1.165, 1.54) is 13.4 Å². The molecule has 0 aliphatic carbocycles. The molecule has 96 valence electrons. The van der Waals surface area contributed by atoms with Crippen LogP contribution in [-0.2, 0) is 10.8 Å².